The van der Waals surface area contributed by atoms with Crippen molar-refractivity contribution < 1.29 is 59.8 Å². The molecule has 0 saturated heterocycles. The molecule has 12 nitrogen and oxygen atoms in total. The van der Waals surface area contributed by atoms with Gasteiger partial charge >= 0.3 is 0 Å². The third-order valence-electron chi connectivity index (χ3n) is 3.39. The van der Waals surface area contributed by atoms with Gasteiger partial charge in [0.1, 0.15) is 0 Å². The molecule has 0 radical (unpaired) electrons. The largest absolute Gasteiger partial charge is 0.822 e. The summed E-state index contributed by atoms with van der Waals surface area (Å²) in [5, 5.41) is 8.85. The highest BCUT2D eigenvalue weighted by Gasteiger charge is 1.82. The topological polar surface area (TPSA) is 233 Å². The molecule has 14 heteroatoms. The minimum absolute atomic E-state index is 1.29. The highest BCUT2D eigenvalue weighted by Crippen LogP contribution is 2.18. The van der Waals surface area contributed by atoms with Gasteiger partial charge in [0, 0.05) is 0 Å². The predicted octanol–water partition coefficient (Wildman–Crippen LogP) is -4.47. The van der Waals surface area contributed by atoms with Gasteiger partial charge in [-0.2, -0.15) is 7.82 Å². The third kappa shape index (κ3) is 213. The summed E-state index contributed by atoms with van der Waals surface area (Å²) in [5.41, 5.74) is 0. The van der Waals surface area contributed by atoms with Gasteiger partial charge in [0.2, 0.25) is 0 Å². The number of hydrogen-bond acceptors (Lipinski definition) is 6. The molecule has 0 amide bonds. The lowest BCUT2D eigenvalue weighted by Gasteiger charge is -2.36. The fraction of sp³-hybridized carbons (Fsp3) is 1.00. The van der Waals surface area contributed by atoms with Crippen molar-refractivity contribution in [2.45, 2.75) is 79.1 Å². The quantitative estimate of drug-likeness (QED) is 0.103. The zero-order valence-electron chi connectivity index (χ0n) is 23.0. The molecule has 0 bridgehead atoms. The van der Waals surface area contributed by atoms with Gasteiger partial charge in [0.05, 0.1) is 54.4 Å². The summed E-state index contributed by atoms with van der Waals surface area (Å²) in [7, 11) is -1.85. The molecule has 0 aliphatic heterocycles. The van der Waals surface area contributed by atoms with Gasteiger partial charge in [0.15, 0.2) is 0 Å². The molecule has 0 atom stereocenters. The zero-order valence-corrected chi connectivity index (χ0v) is 24.8. The molecule has 0 rings (SSSR count). The van der Waals surface area contributed by atoms with Crippen LogP contribution in [-0.4, -0.2) is 64.2 Å². The average Bonchev–Trinajstić information content (AvgIpc) is 2.72. The Labute approximate surface area is 209 Å². The lowest BCUT2D eigenvalue weighted by molar-refractivity contribution is -0.627. The summed E-state index contributed by atoms with van der Waals surface area (Å²) in [6.45, 7) is 14.0. The summed E-state index contributed by atoms with van der Waals surface area (Å²) in [6.07, 6.45) is 10.7. The Morgan fingerprint density at radius 1 is 0.529 bits per heavy atom. The molecule has 0 aliphatic rings. The van der Waals surface area contributed by atoms with Gasteiger partial charge in [0.25, 0.3) is 7.82 Å². The first-order valence-electron chi connectivity index (χ1n) is 12.3. The second kappa shape index (κ2) is 43.2. The molecule has 0 unspecified atom stereocenters. The summed E-state index contributed by atoms with van der Waals surface area (Å²) in [4.78, 5) is 48.6. The molecule has 10 N–H and O–H groups in total. The molecule has 34 heavy (non-hydrogen) atoms. The van der Waals surface area contributed by atoms with Gasteiger partial charge in [-0.1, -0.05) is 53.4 Å². The fourth-order valence-electron chi connectivity index (χ4n) is 1.63. The Kier molecular flexibility index (Phi) is 60.0. The van der Waals surface area contributed by atoms with Crippen LogP contribution in [0.1, 0.15) is 79.1 Å². The van der Waals surface area contributed by atoms with E-state index in [4.69, 9.17) is 38.5 Å². The zero-order chi connectivity index (χ0) is 28.3. The summed E-state index contributed by atoms with van der Waals surface area (Å²) < 4.78 is 17.3. The standard InChI is InChI=1S/4C5H13N.2H3O4P/c4*1-3-4-5-6-2;2*1-5(2,3)4/h4*6H,3-5H2,1-2H3;2*(H3,1,2,3,4). The van der Waals surface area contributed by atoms with Crippen LogP contribution in [0.15, 0.2) is 0 Å². The molecule has 216 valence electrons. The van der Waals surface area contributed by atoms with E-state index >= 15 is 0 Å². The van der Waals surface area contributed by atoms with E-state index < -0.39 is 15.6 Å². The number of hydrogen-bond donors (Lipinski definition) is 6. The van der Waals surface area contributed by atoms with E-state index in [9.17, 15) is 0 Å². The molecule has 0 heterocycles. The molecule has 0 aromatic heterocycles. The highest BCUT2D eigenvalue weighted by molar-refractivity contribution is 7.43. The first kappa shape index (κ1) is 47.3. The van der Waals surface area contributed by atoms with E-state index in [0.29, 0.717) is 0 Å². The first-order chi connectivity index (χ1) is 15.7. The number of nitrogens with two attached hydrogens (primary N) is 4. The van der Waals surface area contributed by atoms with E-state index in [1.807, 2.05) is 0 Å². The summed E-state index contributed by atoms with van der Waals surface area (Å²) >= 11 is 0. The lowest BCUT2D eigenvalue weighted by atomic mass is 10.3. The highest BCUT2D eigenvalue weighted by atomic mass is 31.2. The molecule has 0 fully saturated rings. The maximum Gasteiger partial charge on any atom is 0.262 e. The predicted molar refractivity (Wildman–Crippen MR) is 130 cm³/mol. The van der Waals surface area contributed by atoms with Crippen molar-refractivity contribution in [2.75, 3.05) is 54.4 Å². The van der Waals surface area contributed by atoms with Gasteiger partial charge in [-0.15, -0.1) is 0 Å². The van der Waals surface area contributed by atoms with Crippen LogP contribution < -0.4 is 40.8 Å². The minimum Gasteiger partial charge on any atom is -0.822 e. The molecule has 0 aromatic carbocycles. The van der Waals surface area contributed by atoms with Crippen LogP contribution in [0, 0.1) is 0 Å². The molecular formula is C20H58N4O8P2. The Morgan fingerprint density at radius 3 is 0.676 bits per heavy atom. The summed E-state index contributed by atoms with van der Waals surface area (Å²) in [6, 6.07) is 0. The second-order valence-electron chi connectivity index (χ2n) is 7.14. The number of phosphoric acid groups is 2. The van der Waals surface area contributed by atoms with Crippen molar-refractivity contribution in [3.05, 3.63) is 0 Å². The Balaban J connectivity index is -0.0000000693. The van der Waals surface area contributed by atoms with E-state index in [-0.39, 0.29) is 0 Å². The average molecular weight is 545 g/mol. The van der Waals surface area contributed by atoms with E-state index in [1.165, 1.54) is 77.5 Å². The molecule has 0 aliphatic carbocycles. The minimum atomic E-state index is -5.39. The normalized spacial score (nSPS) is 9.82. The van der Waals surface area contributed by atoms with Crippen molar-refractivity contribution in [1.29, 1.82) is 0 Å². The Bertz CT molecular complexity index is 316. The van der Waals surface area contributed by atoms with Crippen molar-refractivity contribution in [3.63, 3.8) is 0 Å². The van der Waals surface area contributed by atoms with Gasteiger partial charge < -0.3 is 55.2 Å². The molecule has 0 saturated carbocycles. The van der Waals surface area contributed by atoms with E-state index in [1.54, 1.807) is 0 Å². The van der Waals surface area contributed by atoms with Crippen molar-refractivity contribution in [3.8, 4) is 0 Å². The number of rotatable bonds is 12. The monoisotopic (exact) mass is 544 g/mol. The Morgan fingerprint density at radius 2 is 0.647 bits per heavy atom. The number of unbranched alkanes of at least 4 members (excludes halogenated alkanes) is 4. The maximum atomic E-state index is 8.77. The fourth-order valence-corrected chi connectivity index (χ4v) is 1.63. The number of quaternary nitrogens is 4. The SMILES string of the molecule is CCCC[NH2+]C.CCCC[NH2+]C.CCCC[NH2+]C.CCCC[NH2+]C.O=P([O-])(O)O.O=P([O-])([O-])[O-]. The molecule has 0 spiro atoms. The van der Waals surface area contributed by atoms with Crippen LogP contribution in [0.3, 0.4) is 0 Å². The van der Waals surface area contributed by atoms with Crippen LogP contribution in [0.2, 0.25) is 0 Å². The van der Waals surface area contributed by atoms with Crippen LogP contribution >= 0.6 is 15.6 Å². The molecular weight excluding hydrogens is 486 g/mol. The molecule has 0 aromatic rings. The lowest BCUT2D eigenvalue weighted by Crippen LogP contribution is -2.79. The first-order valence-corrected chi connectivity index (χ1v) is 15.3. The Hall–Kier alpha value is 0.0600. The van der Waals surface area contributed by atoms with Crippen molar-refractivity contribution >= 4 is 15.6 Å². The van der Waals surface area contributed by atoms with Gasteiger partial charge in [-0.25, -0.2) is 0 Å². The smallest absolute Gasteiger partial charge is 0.262 e. The second-order valence-corrected chi connectivity index (χ2v) is 9.02. The van der Waals surface area contributed by atoms with Gasteiger partial charge in [-0.05, 0) is 25.7 Å². The third-order valence-corrected chi connectivity index (χ3v) is 3.39. The van der Waals surface area contributed by atoms with E-state index in [2.05, 4.69) is 77.2 Å². The van der Waals surface area contributed by atoms with E-state index in [0.717, 1.165) is 0 Å². The van der Waals surface area contributed by atoms with Crippen LogP contribution in [-0.2, 0) is 9.13 Å². The maximum absolute atomic E-state index is 8.77. The van der Waals surface area contributed by atoms with Crippen molar-refractivity contribution in [1.82, 2.24) is 0 Å². The van der Waals surface area contributed by atoms with Gasteiger partial charge in [-0.3, -0.25) is 4.57 Å². The summed E-state index contributed by atoms with van der Waals surface area (Å²) in [5.74, 6) is 0. The van der Waals surface area contributed by atoms with Crippen LogP contribution in [0.25, 0.3) is 0 Å². The van der Waals surface area contributed by atoms with Crippen LogP contribution in [0.5, 0.6) is 0 Å². The van der Waals surface area contributed by atoms with Crippen LogP contribution in [0.4, 0.5) is 0 Å². The van der Waals surface area contributed by atoms with Crippen molar-refractivity contribution in [2.24, 2.45) is 0 Å².